The summed E-state index contributed by atoms with van der Waals surface area (Å²) in [5.74, 6) is 1.80. The van der Waals surface area contributed by atoms with Crippen molar-refractivity contribution in [3.8, 4) is 5.75 Å². The third-order valence-corrected chi connectivity index (χ3v) is 2.70. The molecule has 15 heavy (non-hydrogen) atoms. The van der Waals surface area contributed by atoms with E-state index >= 15 is 0 Å². The number of hydrogen-bond donors (Lipinski definition) is 1. The first kappa shape index (κ1) is 12.3. The monoisotopic (exact) mass is 227 g/mol. The molecule has 0 spiro atoms. The van der Waals surface area contributed by atoms with Crippen molar-refractivity contribution in [2.24, 2.45) is 5.92 Å². The lowest BCUT2D eigenvalue weighted by Crippen LogP contribution is -2.11. The summed E-state index contributed by atoms with van der Waals surface area (Å²) in [5, 5.41) is 3.37. The van der Waals surface area contributed by atoms with Crippen LogP contribution in [-0.2, 0) is 0 Å². The molecule has 1 aliphatic rings. The Morgan fingerprint density at radius 1 is 1.27 bits per heavy atom. The molecule has 0 aliphatic carbocycles. The summed E-state index contributed by atoms with van der Waals surface area (Å²) >= 11 is 0. The van der Waals surface area contributed by atoms with Crippen LogP contribution in [0, 0.1) is 5.92 Å². The van der Waals surface area contributed by atoms with E-state index in [4.69, 9.17) is 4.74 Å². The van der Waals surface area contributed by atoms with Crippen LogP contribution in [0.1, 0.15) is 12.8 Å². The number of halogens is 1. The molecule has 2 rings (SSSR count). The predicted molar refractivity (Wildman–Crippen MR) is 64.8 cm³/mol. The fourth-order valence-corrected chi connectivity index (χ4v) is 1.82. The summed E-state index contributed by atoms with van der Waals surface area (Å²) in [7, 11) is 0. The third-order valence-electron chi connectivity index (χ3n) is 2.70. The van der Waals surface area contributed by atoms with Gasteiger partial charge in [0, 0.05) is 0 Å². The fraction of sp³-hybridized carbons (Fsp3) is 0.500. The highest BCUT2D eigenvalue weighted by atomic mass is 35.5. The summed E-state index contributed by atoms with van der Waals surface area (Å²) < 4.78 is 5.64. The minimum Gasteiger partial charge on any atom is -0.494 e. The first-order valence-electron chi connectivity index (χ1n) is 5.34. The molecule has 1 atom stereocenters. The second-order valence-electron chi connectivity index (χ2n) is 3.81. The van der Waals surface area contributed by atoms with E-state index in [1.165, 1.54) is 19.4 Å². The van der Waals surface area contributed by atoms with Crippen molar-refractivity contribution in [2.75, 3.05) is 19.7 Å². The van der Waals surface area contributed by atoms with Gasteiger partial charge in [-0.05, 0) is 44.0 Å². The van der Waals surface area contributed by atoms with Gasteiger partial charge in [-0.3, -0.25) is 0 Å². The minimum atomic E-state index is 0. The van der Waals surface area contributed by atoms with E-state index in [1.54, 1.807) is 0 Å². The van der Waals surface area contributed by atoms with Gasteiger partial charge in [0.2, 0.25) is 0 Å². The summed E-state index contributed by atoms with van der Waals surface area (Å²) in [6.45, 7) is 3.19. The highest BCUT2D eigenvalue weighted by Crippen LogP contribution is 2.14. The molecule has 1 heterocycles. The number of ether oxygens (including phenoxy) is 1. The van der Waals surface area contributed by atoms with Crippen molar-refractivity contribution in [1.29, 1.82) is 0 Å². The van der Waals surface area contributed by atoms with Gasteiger partial charge in [0.05, 0.1) is 6.61 Å². The van der Waals surface area contributed by atoms with Gasteiger partial charge in [-0.25, -0.2) is 0 Å². The van der Waals surface area contributed by atoms with Crippen LogP contribution in [0.4, 0.5) is 0 Å². The Morgan fingerprint density at radius 3 is 2.73 bits per heavy atom. The Bertz CT molecular complexity index is 260. The molecule has 0 bridgehead atoms. The van der Waals surface area contributed by atoms with Crippen LogP contribution < -0.4 is 10.1 Å². The van der Waals surface area contributed by atoms with E-state index in [9.17, 15) is 0 Å². The van der Waals surface area contributed by atoms with Crippen LogP contribution in [0.15, 0.2) is 30.3 Å². The lowest BCUT2D eigenvalue weighted by atomic mass is 10.1. The second kappa shape index (κ2) is 6.70. The van der Waals surface area contributed by atoms with Crippen LogP contribution in [-0.4, -0.2) is 19.7 Å². The van der Waals surface area contributed by atoms with E-state index < -0.39 is 0 Å². The summed E-state index contributed by atoms with van der Waals surface area (Å²) in [5.41, 5.74) is 0. The SMILES string of the molecule is Cl.c1ccc(OCCC2CCNC2)cc1. The lowest BCUT2D eigenvalue weighted by molar-refractivity contribution is 0.283. The average molecular weight is 228 g/mol. The zero-order valence-electron chi connectivity index (χ0n) is 8.82. The van der Waals surface area contributed by atoms with E-state index in [1.807, 2.05) is 30.3 Å². The smallest absolute Gasteiger partial charge is 0.119 e. The first-order chi connectivity index (χ1) is 6.95. The molecule has 0 radical (unpaired) electrons. The Morgan fingerprint density at radius 2 is 2.07 bits per heavy atom. The lowest BCUT2D eigenvalue weighted by Gasteiger charge is -2.09. The van der Waals surface area contributed by atoms with Gasteiger partial charge in [0.25, 0.3) is 0 Å². The Kier molecular flexibility index (Phi) is 5.51. The van der Waals surface area contributed by atoms with Crippen LogP contribution in [0.25, 0.3) is 0 Å². The van der Waals surface area contributed by atoms with Gasteiger partial charge in [-0.1, -0.05) is 18.2 Å². The largest absolute Gasteiger partial charge is 0.494 e. The van der Waals surface area contributed by atoms with Gasteiger partial charge >= 0.3 is 0 Å². The molecule has 1 saturated heterocycles. The van der Waals surface area contributed by atoms with Gasteiger partial charge in [0.1, 0.15) is 5.75 Å². The molecule has 1 unspecified atom stereocenters. The summed E-state index contributed by atoms with van der Waals surface area (Å²) in [6.07, 6.45) is 2.47. The number of benzene rings is 1. The highest BCUT2D eigenvalue weighted by molar-refractivity contribution is 5.85. The van der Waals surface area contributed by atoms with Crippen molar-refractivity contribution in [1.82, 2.24) is 5.32 Å². The first-order valence-corrected chi connectivity index (χ1v) is 5.34. The maximum atomic E-state index is 5.64. The van der Waals surface area contributed by atoms with E-state index in [0.717, 1.165) is 24.8 Å². The van der Waals surface area contributed by atoms with Crippen molar-refractivity contribution < 1.29 is 4.74 Å². The molecule has 1 aliphatic heterocycles. The molecule has 1 fully saturated rings. The fourth-order valence-electron chi connectivity index (χ4n) is 1.82. The van der Waals surface area contributed by atoms with Crippen molar-refractivity contribution >= 4 is 12.4 Å². The Balaban J connectivity index is 0.00000112. The standard InChI is InChI=1S/C12H17NO.ClH/c1-2-4-12(5-3-1)14-9-7-11-6-8-13-10-11;/h1-5,11,13H,6-10H2;1H. The van der Waals surface area contributed by atoms with E-state index in [0.29, 0.717) is 0 Å². The zero-order valence-corrected chi connectivity index (χ0v) is 9.63. The van der Waals surface area contributed by atoms with Crippen LogP contribution in [0.5, 0.6) is 5.75 Å². The maximum absolute atomic E-state index is 5.64. The second-order valence-corrected chi connectivity index (χ2v) is 3.81. The quantitative estimate of drug-likeness (QED) is 0.854. The van der Waals surface area contributed by atoms with E-state index in [-0.39, 0.29) is 12.4 Å². The molecule has 2 nitrogen and oxygen atoms in total. The number of hydrogen-bond acceptors (Lipinski definition) is 2. The number of para-hydroxylation sites is 1. The molecule has 0 saturated carbocycles. The topological polar surface area (TPSA) is 21.3 Å². The molecule has 84 valence electrons. The molecular weight excluding hydrogens is 210 g/mol. The normalized spacial score (nSPS) is 19.6. The highest BCUT2D eigenvalue weighted by Gasteiger charge is 2.13. The summed E-state index contributed by atoms with van der Waals surface area (Å²) in [4.78, 5) is 0. The molecule has 1 aromatic carbocycles. The van der Waals surface area contributed by atoms with Crippen molar-refractivity contribution in [3.63, 3.8) is 0 Å². The van der Waals surface area contributed by atoms with Crippen LogP contribution in [0.3, 0.4) is 0 Å². The third kappa shape index (κ3) is 4.10. The zero-order chi connectivity index (χ0) is 9.64. The average Bonchev–Trinajstić information content (AvgIpc) is 2.72. The van der Waals surface area contributed by atoms with Gasteiger partial charge in [-0.2, -0.15) is 0 Å². The minimum absolute atomic E-state index is 0. The molecule has 1 aromatic rings. The van der Waals surface area contributed by atoms with Crippen LogP contribution in [0.2, 0.25) is 0 Å². The van der Waals surface area contributed by atoms with E-state index in [2.05, 4.69) is 5.32 Å². The molecule has 0 amide bonds. The number of rotatable bonds is 4. The molecule has 3 heteroatoms. The Labute approximate surface area is 97.4 Å². The van der Waals surface area contributed by atoms with Crippen molar-refractivity contribution in [3.05, 3.63) is 30.3 Å². The summed E-state index contributed by atoms with van der Waals surface area (Å²) in [6, 6.07) is 10.0. The van der Waals surface area contributed by atoms with Gasteiger partial charge in [-0.15, -0.1) is 12.4 Å². The van der Waals surface area contributed by atoms with Gasteiger partial charge < -0.3 is 10.1 Å². The van der Waals surface area contributed by atoms with Crippen LogP contribution >= 0.6 is 12.4 Å². The predicted octanol–water partition coefficient (Wildman–Crippen LogP) is 2.49. The van der Waals surface area contributed by atoms with Crippen molar-refractivity contribution in [2.45, 2.75) is 12.8 Å². The molecule has 1 N–H and O–H groups in total. The Hall–Kier alpha value is -0.730. The maximum Gasteiger partial charge on any atom is 0.119 e. The molecular formula is C12H18ClNO. The molecule has 0 aromatic heterocycles. The number of nitrogens with one attached hydrogen (secondary N) is 1. The van der Waals surface area contributed by atoms with Gasteiger partial charge in [0.15, 0.2) is 0 Å².